The maximum absolute atomic E-state index is 15.8. The molecule has 11 amide bonds. The van der Waals surface area contributed by atoms with Crippen LogP contribution in [0.1, 0.15) is 92.3 Å². The van der Waals surface area contributed by atoms with Crippen LogP contribution in [0, 0.1) is 13.8 Å². The molecule has 0 saturated carbocycles. The number of ether oxygens (including phenoxy) is 1. The van der Waals surface area contributed by atoms with Crippen LogP contribution in [0.25, 0.3) is 6.08 Å². The number of nitrogens with one attached hydrogen (secondary N) is 9. The van der Waals surface area contributed by atoms with Crippen molar-refractivity contribution in [2.75, 3.05) is 38.7 Å². The van der Waals surface area contributed by atoms with Crippen molar-refractivity contribution in [3.8, 4) is 0 Å². The Bertz CT molecular complexity index is 3660. The van der Waals surface area contributed by atoms with E-state index in [0.29, 0.717) is 39.8 Å². The first-order valence-corrected chi connectivity index (χ1v) is 32.8. The zero-order valence-corrected chi connectivity index (χ0v) is 55.3. The number of imide groups is 1. The minimum absolute atomic E-state index is 0.0231. The van der Waals surface area contributed by atoms with Crippen LogP contribution in [0.2, 0.25) is 0 Å². The van der Waals surface area contributed by atoms with E-state index in [1.54, 1.807) is 92.7 Å². The molecule has 3 aromatic rings. The molecular weight excluding hydrogens is 1340 g/mol. The first-order chi connectivity index (χ1) is 47.4. The molecule has 6 rings (SSSR count). The lowest BCUT2D eigenvalue weighted by Crippen LogP contribution is -2.58. The summed E-state index contributed by atoms with van der Waals surface area (Å²) in [5, 5.41) is 67.7. The van der Waals surface area contributed by atoms with Crippen molar-refractivity contribution in [1.82, 2.24) is 57.2 Å². The molecule has 1 unspecified atom stereocenters. The third-order valence-electron chi connectivity index (χ3n) is 16.0. The molecule has 37 heteroatoms. The number of carboxylic acids is 4. The quantitative estimate of drug-likeness (QED) is 0.0133. The number of thioether (sulfide) groups is 1. The summed E-state index contributed by atoms with van der Waals surface area (Å²) in [6.45, 7) is -3.04. The zero-order chi connectivity index (χ0) is 73.4. The van der Waals surface area contributed by atoms with Gasteiger partial charge in [0, 0.05) is 114 Å². The molecule has 0 spiro atoms. The fourth-order valence-electron chi connectivity index (χ4n) is 10.9. The largest absolute Gasteiger partial charge is 0.737 e. The normalized spacial score (nSPS) is 16.4. The average molecular weight is 1420 g/mol. The molecule has 0 bridgehead atoms. The van der Waals surface area contributed by atoms with E-state index >= 15 is 8.63 Å². The molecule has 3 aliphatic heterocycles. The van der Waals surface area contributed by atoms with Crippen LogP contribution >= 0.6 is 11.8 Å². The Balaban J connectivity index is 0.972. The summed E-state index contributed by atoms with van der Waals surface area (Å²) < 4.78 is 38.5. The molecule has 16 N–H and O–H groups in total. The number of benzene rings is 2. The number of hydrogen-bond acceptors (Lipinski definition) is 18. The maximum atomic E-state index is 15.8. The predicted molar refractivity (Wildman–Crippen MR) is 352 cm³/mol. The first-order valence-electron chi connectivity index (χ1n) is 31.7. The van der Waals surface area contributed by atoms with Gasteiger partial charge in [-0.15, -0.1) is 11.8 Å². The maximum Gasteiger partial charge on any atom is 0.737 e. The summed E-state index contributed by atoms with van der Waals surface area (Å²) in [4.78, 5) is 181. The number of nitrogens with two attached hydrogens (primary N) is 1. The zero-order valence-electron chi connectivity index (χ0n) is 54.4. The third-order valence-corrected chi connectivity index (χ3v) is 17.3. The lowest BCUT2D eigenvalue weighted by molar-refractivity contribution is -0.362. The molecule has 2 aromatic carbocycles. The number of aliphatic hydroxyl groups is 1. The molecule has 540 valence electrons. The highest BCUT2D eigenvalue weighted by atomic mass is 32.2. The van der Waals surface area contributed by atoms with Crippen LogP contribution in [0.5, 0.6) is 0 Å². The van der Waals surface area contributed by atoms with Gasteiger partial charge in [-0.2, -0.15) is 0 Å². The molecule has 1 saturated heterocycles. The summed E-state index contributed by atoms with van der Waals surface area (Å²) in [6.07, 6.45) is -0.208. The number of allylic oxidation sites excluding steroid dienone is 2. The number of likely N-dealkylation sites (tertiary alicyclic amines) is 1. The van der Waals surface area contributed by atoms with Gasteiger partial charge in [0.2, 0.25) is 53.2 Å². The molecule has 33 nitrogen and oxygen atoms in total. The molecule has 4 heterocycles. The minimum Gasteiger partial charge on any atom is -0.481 e. The first kappa shape index (κ1) is 78.6. The van der Waals surface area contributed by atoms with E-state index in [1.165, 1.54) is 6.08 Å². The smallest absolute Gasteiger partial charge is 0.481 e. The fraction of sp³-hybridized carbons (Fsp3) is 0.444. The number of urea groups is 1. The lowest BCUT2D eigenvalue weighted by Gasteiger charge is -2.30. The van der Waals surface area contributed by atoms with Crippen molar-refractivity contribution in [3.63, 3.8) is 0 Å². The highest BCUT2D eigenvalue weighted by Crippen LogP contribution is 2.35. The van der Waals surface area contributed by atoms with E-state index in [4.69, 9.17) is 20.7 Å². The van der Waals surface area contributed by atoms with Gasteiger partial charge in [-0.25, -0.2) is 14.4 Å². The second-order valence-corrected chi connectivity index (χ2v) is 24.8. The van der Waals surface area contributed by atoms with E-state index in [0.717, 1.165) is 13.9 Å². The number of halogens is 2. The Morgan fingerprint density at radius 1 is 0.670 bits per heavy atom. The second-order valence-electron chi connectivity index (χ2n) is 23.5. The van der Waals surface area contributed by atoms with E-state index in [-0.39, 0.29) is 88.8 Å². The summed E-state index contributed by atoms with van der Waals surface area (Å²) in [5.74, 6) is -14.0. The lowest BCUT2D eigenvalue weighted by atomic mass is 9.90. The van der Waals surface area contributed by atoms with Crippen LogP contribution in [-0.4, -0.2) is 222 Å². The van der Waals surface area contributed by atoms with Gasteiger partial charge in [0.25, 0.3) is 0 Å². The van der Waals surface area contributed by atoms with Crippen molar-refractivity contribution < 1.29 is 111 Å². The number of rotatable bonds is 41. The highest BCUT2D eigenvalue weighted by Gasteiger charge is 2.52. The molecule has 0 aliphatic carbocycles. The Morgan fingerprint density at radius 3 is 1.89 bits per heavy atom. The van der Waals surface area contributed by atoms with Crippen molar-refractivity contribution in [3.05, 3.63) is 113 Å². The summed E-state index contributed by atoms with van der Waals surface area (Å²) in [5.41, 5.74) is 9.27. The molecule has 3 aliphatic rings. The molecule has 1 aromatic heterocycles. The van der Waals surface area contributed by atoms with Crippen molar-refractivity contribution >= 4 is 114 Å². The highest BCUT2D eigenvalue weighted by molar-refractivity contribution is 8.00. The predicted octanol–water partition coefficient (Wildman–Crippen LogP) is -1.52. The molecular formula is C63H80BF2N13O20S. The number of carboxylic acid groups (broad SMARTS) is 4. The summed E-state index contributed by atoms with van der Waals surface area (Å²) in [7, 11) is 0. The van der Waals surface area contributed by atoms with E-state index < -0.39 is 176 Å². The second kappa shape index (κ2) is 37.5. The number of fused-ring (bicyclic) bond motifs is 2. The van der Waals surface area contributed by atoms with Gasteiger partial charge in [-0.1, -0.05) is 60.7 Å². The standard InChI is InChI=1S/C63H80BF2N13O20S/c1-35-26-36(2)78-47(35)29-40-16-15-39(79(40)64(78,65)66)17-19-49(81)69-24-25-77-53(84)31-48(60(77)93)100-33-46(62(96)97)74-59(92)45(30-55(87)88)72-56(89)41(67)32-70-57(90)43(27-37-10-5-3-6-11-37)73-58(91)44(28-38-12-7-4-8-13-38)71-51(83)14-9-23-68-50(82)20-18-42(61(94)95)75-63(98)76-52(99-34-80)21-22-54(85)86/h3-8,10-13,15-16,26,29,41-46,48,52,80H,9,14,17-25,27-28,30-34,67H2,1-2H3,(H,68,82)(H,69,81)(H,70,90)(H,71,83)(H,72,89)(H,73,91)(H,74,92)(H,85,86)(H,87,88)(H,94,95)(H,96,97)(H2,75,76,98)/t41-,42-,43-,44-,45-,46-,48?,52+/m0/s1. The fourth-order valence-corrected chi connectivity index (χ4v) is 12.1. The molecule has 0 radical (unpaired) electrons. The van der Waals surface area contributed by atoms with Crippen molar-refractivity contribution in [2.24, 2.45) is 5.73 Å². The monoisotopic (exact) mass is 1420 g/mol. The number of carbonyl (C=O) groups excluding carboxylic acids is 10. The Kier molecular flexibility index (Phi) is 29.5. The minimum atomic E-state index is -4.25. The number of carbonyl (C=O) groups is 14. The van der Waals surface area contributed by atoms with Gasteiger partial charge in [-0.3, -0.25) is 57.6 Å². The summed E-state index contributed by atoms with van der Waals surface area (Å²) in [6, 6.07) is 7.61. The number of hydrogen-bond donors (Lipinski definition) is 15. The average Bonchev–Trinajstić information content (AvgIpc) is 1.56. The van der Waals surface area contributed by atoms with Gasteiger partial charge >= 0.3 is 36.9 Å². The SMILES string of the molecule is Cc1cc(C)n2c1C=C1C=CC(CCC(=O)NCCN3C(=O)CC(SC[C@H](NC(=O)[C@H](CC(=O)O)NC(=O)[C@@H](N)CNC(=O)[C@H](Cc4ccccc4)NC(=O)[C@H](Cc4ccccc4)NC(=O)CCCNC(=O)CC[C@H](NC(=O)N[C@@H](CCC(=O)O)OCO)C(=O)O)C(=O)O)C3=O)=[N+]1[B-]2(F)F. The van der Waals surface area contributed by atoms with E-state index in [1.807, 2.05) is 0 Å². The Hall–Kier alpha value is -10.4. The van der Waals surface area contributed by atoms with Crippen LogP contribution in [0.15, 0.2) is 84.6 Å². The number of aliphatic carboxylic acids is 4. The number of amides is 11. The number of aromatic nitrogens is 1. The van der Waals surface area contributed by atoms with Gasteiger partial charge in [0.1, 0.15) is 55.0 Å². The van der Waals surface area contributed by atoms with Gasteiger partial charge in [0.15, 0.2) is 5.70 Å². The van der Waals surface area contributed by atoms with E-state index in [9.17, 15) is 82.4 Å². The molecule has 1 fully saturated rings. The molecule has 100 heavy (non-hydrogen) atoms. The van der Waals surface area contributed by atoms with E-state index in [2.05, 4.69) is 47.9 Å². The Morgan fingerprint density at radius 2 is 1.27 bits per heavy atom. The van der Waals surface area contributed by atoms with Crippen LogP contribution < -0.4 is 53.6 Å². The van der Waals surface area contributed by atoms with Crippen LogP contribution in [0.4, 0.5) is 13.4 Å². The number of aryl methyl sites for hydroxylation is 2. The number of nitrogens with zero attached hydrogens (tertiary/aromatic N) is 3. The van der Waals surface area contributed by atoms with Gasteiger partial charge in [-0.05, 0) is 55.1 Å². The third kappa shape index (κ3) is 23.4. The van der Waals surface area contributed by atoms with Gasteiger partial charge < -0.3 is 101 Å². The van der Waals surface area contributed by atoms with Crippen LogP contribution in [-0.2, 0) is 79.9 Å². The molecule has 8 atom stereocenters. The van der Waals surface area contributed by atoms with Crippen LogP contribution in [0.3, 0.4) is 0 Å². The topological polar surface area (TPSA) is 495 Å². The van der Waals surface area contributed by atoms with Crippen molar-refractivity contribution in [1.29, 1.82) is 0 Å². The number of aliphatic hydroxyl groups excluding tert-OH is 1. The van der Waals surface area contributed by atoms with Gasteiger partial charge in [0.05, 0.1) is 11.7 Å². The van der Waals surface area contributed by atoms with Crippen molar-refractivity contribution in [2.45, 2.75) is 139 Å². The summed E-state index contributed by atoms with van der Waals surface area (Å²) >= 11 is 0.691. The Labute approximate surface area is 574 Å².